The molecule has 0 bridgehead atoms. The molecular formula is C20H16ClO3P. The highest BCUT2D eigenvalue weighted by molar-refractivity contribution is 7.58. The van der Waals surface area contributed by atoms with Crippen LogP contribution in [0.3, 0.4) is 0 Å². The van der Waals surface area contributed by atoms with E-state index in [1.54, 1.807) is 42.5 Å². The fourth-order valence-electron chi connectivity index (χ4n) is 2.09. The van der Waals surface area contributed by atoms with Crippen LogP contribution in [0.1, 0.15) is 5.56 Å². The Hall–Kier alpha value is -2.48. The normalized spacial score (nSPS) is 11.4. The number of benzene rings is 3. The lowest BCUT2D eigenvalue weighted by atomic mass is 10.2. The Morgan fingerprint density at radius 2 is 1.20 bits per heavy atom. The summed E-state index contributed by atoms with van der Waals surface area (Å²) in [5, 5.41) is 0.640. The molecule has 0 heterocycles. The molecule has 0 spiro atoms. The van der Waals surface area contributed by atoms with E-state index >= 15 is 0 Å². The van der Waals surface area contributed by atoms with Crippen LogP contribution >= 0.6 is 19.2 Å². The minimum Gasteiger partial charge on any atom is -0.413 e. The molecule has 5 heteroatoms. The summed E-state index contributed by atoms with van der Waals surface area (Å²) in [4.78, 5) is 0. The fraction of sp³-hybridized carbons (Fsp3) is 0. The highest BCUT2D eigenvalue weighted by Crippen LogP contribution is 2.50. The van der Waals surface area contributed by atoms with Crippen molar-refractivity contribution in [3.05, 3.63) is 101 Å². The van der Waals surface area contributed by atoms with Gasteiger partial charge in [-0.2, -0.15) is 0 Å². The summed E-state index contributed by atoms with van der Waals surface area (Å²) < 4.78 is 24.6. The first-order valence-electron chi connectivity index (χ1n) is 7.67. The molecule has 0 aliphatic rings. The number of para-hydroxylation sites is 2. The summed E-state index contributed by atoms with van der Waals surface area (Å²) in [6, 6.07) is 25.1. The third-order valence-corrected chi connectivity index (χ3v) is 4.97. The van der Waals surface area contributed by atoms with Gasteiger partial charge in [-0.3, -0.25) is 0 Å². The molecule has 0 atom stereocenters. The van der Waals surface area contributed by atoms with Gasteiger partial charge in [0.1, 0.15) is 11.5 Å². The minimum absolute atomic E-state index is 0.475. The van der Waals surface area contributed by atoms with Gasteiger partial charge in [-0.15, -0.1) is 0 Å². The lowest BCUT2D eigenvalue weighted by Gasteiger charge is -2.17. The molecule has 0 unspecified atom stereocenters. The molecule has 0 N–H and O–H groups in total. The molecule has 25 heavy (non-hydrogen) atoms. The van der Waals surface area contributed by atoms with Gasteiger partial charge in [0.15, 0.2) is 0 Å². The van der Waals surface area contributed by atoms with Crippen molar-refractivity contribution in [2.45, 2.75) is 0 Å². The monoisotopic (exact) mass is 370 g/mol. The van der Waals surface area contributed by atoms with E-state index in [2.05, 4.69) is 0 Å². The second-order valence-corrected chi connectivity index (χ2v) is 7.40. The first-order chi connectivity index (χ1) is 12.1. The van der Waals surface area contributed by atoms with Crippen LogP contribution < -0.4 is 9.05 Å². The van der Waals surface area contributed by atoms with Crippen molar-refractivity contribution in [1.29, 1.82) is 0 Å². The maximum absolute atomic E-state index is 13.2. The molecule has 0 aliphatic heterocycles. The molecular weight excluding hydrogens is 355 g/mol. The maximum Gasteiger partial charge on any atom is 0.455 e. The summed E-state index contributed by atoms with van der Waals surface area (Å²) in [7, 11) is -3.55. The van der Waals surface area contributed by atoms with Crippen molar-refractivity contribution in [2.75, 3.05) is 0 Å². The van der Waals surface area contributed by atoms with Crippen molar-refractivity contribution in [1.82, 2.24) is 0 Å². The van der Waals surface area contributed by atoms with Crippen LogP contribution in [0.15, 0.2) is 90.7 Å². The Kier molecular flexibility index (Phi) is 5.60. The van der Waals surface area contributed by atoms with E-state index in [1.165, 1.54) is 5.82 Å². The van der Waals surface area contributed by atoms with Crippen LogP contribution in [0.25, 0.3) is 6.08 Å². The van der Waals surface area contributed by atoms with Crippen LogP contribution in [0.4, 0.5) is 0 Å². The molecule has 0 amide bonds. The van der Waals surface area contributed by atoms with Gasteiger partial charge in [-0.25, -0.2) is 4.57 Å². The Bertz CT molecular complexity index is 832. The van der Waals surface area contributed by atoms with Crippen molar-refractivity contribution < 1.29 is 13.6 Å². The van der Waals surface area contributed by atoms with E-state index in [0.717, 1.165) is 5.56 Å². The second-order valence-electron chi connectivity index (χ2n) is 5.22. The zero-order chi connectivity index (χ0) is 17.5. The molecule has 0 fully saturated rings. The van der Waals surface area contributed by atoms with Gasteiger partial charge in [0, 0.05) is 5.02 Å². The average molecular weight is 371 g/mol. The van der Waals surface area contributed by atoms with E-state index in [-0.39, 0.29) is 0 Å². The summed E-state index contributed by atoms with van der Waals surface area (Å²) in [6.07, 6.45) is 1.70. The highest BCUT2D eigenvalue weighted by atomic mass is 35.5. The number of halogens is 1. The van der Waals surface area contributed by atoms with Crippen molar-refractivity contribution in [2.24, 2.45) is 0 Å². The third-order valence-electron chi connectivity index (χ3n) is 3.27. The lowest BCUT2D eigenvalue weighted by Crippen LogP contribution is -1.98. The molecule has 0 saturated heterocycles. The Morgan fingerprint density at radius 3 is 1.68 bits per heavy atom. The standard InChI is InChI=1S/C20H16ClO3P/c21-18-13-11-17(12-14-18)15-16-25(22,23-19-7-3-1-4-8-19)24-20-9-5-2-6-10-20/h1-16H/b16-15+. The van der Waals surface area contributed by atoms with Crippen molar-refractivity contribution in [3.8, 4) is 11.5 Å². The topological polar surface area (TPSA) is 35.5 Å². The summed E-state index contributed by atoms with van der Waals surface area (Å²) in [5.74, 6) is 2.40. The van der Waals surface area contributed by atoms with Gasteiger partial charge in [-0.1, -0.05) is 60.1 Å². The second kappa shape index (κ2) is 8.06. The Labute approximate surface area is 152 Å². The Morgan fingerprint density at radius 1 is 0.720 bits per heavy atom. The van der Waals surface area contributed by atoms with Crippen molar-refractivity contribution in [3.63, 3.8) is 0 Å². The van der Waals surface area contributed by atoms with Crippen molar-refractivity contribution >= 4 is 25.3 Å². The van der Waals surface area contributed by atoms with Gasteiger partial charge < -0.3 is 9.05 Å². The van der Waals surface area contributed by atoms with E-state index in [4.69, 9.17) is 20.6 Å². The molecule has 0 aromatic heterocycles. The number of rotatable bonds is 6. The predicted molar refractivity (Wildman–Crippen MR) is 102 cm³/mol. The van der Waals surface area contributed by atoms with E-state index in [1.807, 2.05) is 48.5 Å². The first kappa shape index (κ1) is 17.3. The molecule has 3 aromatic rings. The van der Waals surface area contributed by atoms with Crippen LogP contribution in [0, 0.1) is 0 Å². The largest absolute Gasteiger partial charge is 0.455 e. The van der Waals surface area contributed by atoms with Crippen LogP contribution in [0.2, 0.25) is 5.02 Å². The average Bonchev–Trinajstić information content (AvgIpc) is 2.63. The summed E-state index contributed by atoms with van der Waals surface area (Å²) >= 11 is 5.89. The first-order valence-corrected chi connectivity index (χ1v) is 9.66. The summed E-state index contributed by atoms with van der Waals surface area (Å²) in [6.45, 7) is 0. The van der Waals surface area contributed by atoms with Crippen LogP contribution in [-0.4, -0.2) is 0 Å². The van der Waals surface area contributed by atoms with Gasteiger partial charge >= 0.3 is 7.60 Å². The summed E-state index contributed by atoms with van der Waals surface area (Å²) in [5.41, 5.74) is 0.845. The number of hydrogen-bond acceptors (Lipinski definition) is 3. The zero-order valence-corrected chi connectivity index (χ0v) is 14.9. The van der Waals surface area contributed by atoms with Gasteiger partial charge in [0.25, 0.3) is 0 Å². The molecule has 0 saturated carbocycles. The highest BCUT2D eigenvalue weighted by Gasteiger charge is 2.24. The Balaban J connectivity index is 1.87. The molecule has 0 radical (unpaired) electrons. The molecule has 0 aliphatic carbocycles. The molecule has 3 aromatic carbocycles. The van der Waals surface area contributed by atoms with Gasteiger partial charge in [0.05, 0.1) is 5.82 Å². The molecule has 3 nitrogen and oxygen atoms in total. The SMILES string of the molecule is O=P(/C=C/c1ccc(Cl)cc1)(Oc1ccccc1)Oc1ccccc1. The fourth-order valence-corrected chi connectivity index (χ4v) is 3.56. The predicted octanol–water partition coefficient (Wildman–Crippen LogP) is 6.66. The molecule has 3 rings (SSSR count). The quantitative estimate of drug-likeness (QED) is 0.455. The van der Waals surface area contributed by atoms with Gasteiger partial charge in [-0.05, 0) is 48.0 Å². The van der Waals surface area contributed by atoms with Gasteiger partial charge in [0.2, 0.25) is 0 Å². The zero-order valence-electron chi connectivity index (χ0n) is 13.3. The molecule has 126 valence electrons. The van der Waals surface area contributed by atoms with Crippen LogP contribution in [-0.2, 0) is 4.57 Å². The number of hydrogen-bond donors (Lipinski definition) is 0. The van der Waals surface area contributed by atoms with E-state index < -0.39 is 7.60 Å². The maximum atomic E-state index is 13.2. The van der Waals surface area contributed by atoms with E-state index in [0.29, 0.717) is 16.5 Å². The van der Waals surface area contributed by atoms with E-state index in [9.17, 15) is 4.57 Å². The smallest absolute Gasteiger partial charge is 0.413 e. The lowest BCUT2D eigenvalue weighted by molar-refractivity contribution is 0.398. The third kappa shape index (κ3) is 5.25. The van der Waals surface area contributed by atoms with Crippen LogP contribution in [0.5, 0.6) is 11.5 Å². The minimum atomic E-state index is -3.55.